The molecular formula is C19H31NO. The van der Waals surface area contributed by atoms with Gasteiger partial charge in [-0.2, -0.15) is 0 Å². The Bertz CT molecular complexity index is 395. The van der Waals surface area contributed by atoms with Crippen LogP contribution in [0.3, 0.4) is 0 Å². The molecule has 0 aliphatic heterocycles. The van der Waals surface area contributed by atoms with Crippen LogP contribution in [-0.4, -0.2) is 19.7 Å². The summed E-state index contributed by atoms with van der Waals surface area (Å²) in [4.78, 5) is 0. The van der Waals surface area contributed by atoms with Gasteiger partial charge in [0.2, 0.25) is 0 Å². The molecule has 21 heavy (non-hydrogen) atoms. The lowest BCUT2D eigenvalue weighted by Gasteiger charge is -2.30. The summed E-state index contributed by atoms with van der Waals surface area (Å²) < 4.78 is 6.02. The largest absolute Gasteiger partial charge is 0.492 e. The van der Waals surface area contributed by atoms with E-state index in [0.717, 1.165) is 18.3 Å². The topological polar surface area (TPSA) is 21.3 Å². The van der Waals surface area contributed by atoms with Crippen molar-refractivity contribution in [2.75, 3.05) is 13.7 Å². The van der Waals surface area contributed by atoms with Crippen molar-refractivity contribution in [3.05, 3.63) is 29.8 Å². The van der Waals surface area contributed by atoms with Crippen molar-refractivity contribution in [1.82, 2.24) is 5.32 Å². The van der Waals surface area contributed by atoms with Crippen LogP contribution in [-0.2, 0) is 0 Å². The molecular weight excluding hydrogens is 258 g/mol. The van der Waals surface area contributed by atoms with E-state index in [1.165, 1.54) is 44.1 Å². The molecule has 118 valence electrons. The molecule has 2 rings (SSSR count). The second kappa shape index (κ2) is 8.43. The number of hydrogen-bond donors (Lipinski definition) is 1. The first-order valence-electron chi connectivity index (χ1n) is 8.64. The van der Waals surface area contributed by atoms with Crippen LogP contribution in [0.1, 0.15) is 63.9 Å². The zero-order valence-electron chi connectivity index (χ0n) is 13.9. The minimum Gasteiger partial charge on any atom is -0.492 e. The molecule has 1 fully saturated rings. The first kappa shape index (κ1) is 16.4. The van der Waals surface area contributed by atoms with E-state index in [-0.39, 0.29) is 0 Å². The maximum absolute atomic E-state index is 6.02. The second-order valence-corrected chi connectivity index (χ2v) is 6.48. The van der Waals surface area contributed by atoms with Crippen molar-refractivity contribution < 1.29 is 4.74 Å². The molecule has 0 aromatic heterocycles. The van der Waals surface area contributed by atoms with E-state index in [4.69, 9.17) is 4.74 Å². The van der Waals surface area contributed by atoms with Gasteiger partial charge in [0.25, 0.3) is 0 Å². The highest BCUT2D eigenvalue weighted by molar-refractivity contribution is 5.29. The molecule has 1 saturated carbocycles. The number of ether oxygens (including phenoxy) is 1. The average Bonchev–Trinajstić information content (AvgIpc) is 2.56. The molecule has 0 saturated heterocycles. The van der Waals surface area contributed by atoms with E-state index in [2.05, 4.69) is 50.5 Å². The van der Waals surface area contributed by atoms with Crippen molar-refractivity contribution in [1.29, 1.82) is 0 Å². The highest BCUT2D eigenvalue weighted by Gasteiger charge is 2.22. The van der Waals surface area contributed by atoms with Gasteiger partial charge < -0.3 is 10.1 Å². The van der Waals surface area contributed by atoms with Crippen LogP contribution in [0.15, 0.2) is 24.3 Å². The van der Waals surface area contributed by atoms with Crippen LogP contribution < -0.4 is 10.1 Å². The summed E-state index contributed by atoms with van der Waals surface area (Å²) in [6.45, 7) is 5.29. The zero-order chi connectivity index (χ0) is 15.1. The van der Waals surface area contributed by atoms with Crippen molar-refractivity contribution in [2.24, 2.45) is 5.92 Å². The first-order chi connectivity index (χ1) is 10.2. The predicted molar refractivity (Wildman–Crippen MR) is 90.1 cm³/mol. The lowest BCUT2D eigenvalue weighted by molar-refractivity contribution is 0.192. The molecule has 1 aliphatic carbocycles. The molecule has 0 heterocycles. The molecule has 1 aromatic carbocycles. The third-order valence-corrected chi connectivity index (χ3v) is 5.08. The Morgan fingerprint density at radius 1 is 1.14 bits per heavy atom. The maximum atomic E-state index is 6.02. The van der Waals surface area contributed by atoms with E-state index in [0.29, 0.717) is 12.0 Å². The summed E-state index contributed by atoms with van der Waals surface area (Å²) in [5, 5.41) is 3.46. The van der Waals surface area contributed by atoms with Crippen LogP contribution >= 0.6 is 0 Å². The second-order valence-electron chi connectivity index (χ2n) is 6.48. The van der Waals surface area contributed by atoms with Crippen LogP contribution in [0.4, 0.5) is 0 Å². The van der Waals surface area contributed by atoms with Crippen molar-refractivity contribution in [3.63, 3.8) is 0 Å². The summed E-state index contributed by atoms with van der Waals surface area (Å²) in [7, 11) is 2.06. The first-order valence-corrected chi connectivity index (χ1v) is 8.64. The molecule has 2 nitrogen and oxygen atoms in total. The number of rotatable bonds is 7. The lowest BCUT2D eigenvalue weighted by atomic mass is 9.84. The SMILES string of the molecule is CCC(C)c1ccc(OCC(NC)C2CCCCC2)cc1. The van der Waals surface area contributed by atoms with Crippen molar-refractivity contribution in [3.8, 4) is 5.75 Å². The van der Waals surface area contributed by atoms with Crippen LogP contribution in [0.5, 0.6) is 5.75 Å². The fourth-order valence-corrected chi connectivity index (χ4v) is 3.31. The third kappa shape index (κ3) is 4.74. The summed E-state index contributed by atoms with van der Waals surface area (Å²) in [5.74, 6) is 2.41. The van der Waals surface area contributed by atoms with Gasteiger partial charge in [-0.15, -0.1) is 0 Å². The highest BCUT2D eigenvalue weighted by Crippen LogP contribution is 2.27. The molecule has 0 amide bonds. The van der Waals surface area contributed by atoms with Crippen molar-refractivity contribution in [2.45, 2.75) is 64.3 Å². The monoisotopic (exact) mass is 289 g/mol. The molecule has 0 spiro atoms. The van der Waals surface area contributed by atoms with Crippen LogP contribution in [0.25, 0.3) is 0 Å². The minimum absolute atomic E-state index is 0.486. The fourth-order valence-electron chi connectivity index (χ4n) is 3.31. The predicted octanol–water partition coefficient (Wildman–Crippen LogP) is 4.75. The zero-order valence-corrected chi connectivity index (χ0v) is 13.9. The number of nitrogens with one attached hydrogen (secondary N) is 1. The van der Waals surface area contributed by atoms with Crippen molar-refractivity contribution >= 4 is 0 Å². The van der Waals surface area contributed by atoms with E-state index in [9.17, 15) is 0 Å². The highest BCUT2D eigenvalue weighted by atomic mass is 16.5. The summed E-state index contributed by atoms with van der Waals surface area (Å²) in [5.41, 5.74) is 1.40. The Balaban J connectivity index is 1.85. The van der Waals surface area contributed by atoms with Gasteiger partial charge >= 0.3 is 0 Å². The molecule has 1 N–H and O–H groups in total. The normalized spacial score (nSPS) is 19.2. The quantitative estimate of drug-likeness (QED) is 0.782. The van der Waals surface area contributed by atoms with E-state index in [1.807, 2.05) is 0 Å². The molecule has 2 unspecified atom stereocenters. The third-order valence-electron chi connectivity index (χ3n) is 5.08. The summed E-state index contributed by atoms with van der Waals surface area (Å²) >= 11 is 0. The van der Waals surface area contributed by atoms with E-state index in [1.54, 1.807) is 0 Å². The Hall–Kier alpha value is -1.02. The van der Waals surface area contributed by atoms with E-state index >= 15 is 0 Å². The molecule has 0 radical (unpaired) electrons. The Morgan fingerprint density at radius 2 is 1.81 bits per heavy atom. The minimum atomic E-state index is 0.486. The average molecular weight is 289 g/mol. The van der Waals surface area contributed by atoms with Crippen LogP contribution in [0, 0.1) is 5.92 Å². The molecule has 0 bridgehead atoms. The Kier molecular flexibility index (Phi) is 6.56. The number of likely N-dealkylation sites (N-methyl/N-ethyl adjacent to an activating group) is 1. The standard InChI is InChI=1S/C19H31NO/c1-4-15(2)16-10-12-18(13-11-16)21-14-19(20-3)17-8-6-5-7-9-17/h10-13,15,17,19-20H,4-9,14H2,1-3H3. The van der Waals surface area contributed by atoms with Gasteiger partial charge in [-0.25, -0.2) is 0 Å². The van der Waals surface area contributed by atoms with Gasteiger partial charge in [0.1, 0.15) is 12.4 Å². The molecule has 2 heteroatoms. The molecule has 2 atom stereocenters. The number of hydrogen-bond acceptors (Lipinski definition) is 2. The van der Waals surface area contributed by atoms with Gasteiger partial charge in [-0.1, -0.05) is 45.2 Å². The van der Waals surface area contributed by atoms with Gasteiger partial charge in [0.15, 0.2) is 0 Å². The lowest BCUT2D eigenvalue weighted by Crippen LogP contribution is -2.39. The van der Waals surface area contributed by atoms with Gasteiger partial charge in [0.05, 0.1) is 0 Å². The molecule has 1 aromatic rings. The van der Waals surface area contributed by atoms with Crippen LogP contribution in [0.2, 0.25) is 0 Å². The Morgan fingerprint density at radius 3 is 2.38 bits per heavy atom. The smallest absolute Gasteiger partial charge is 0.119 e. The van der Waals surface area contributed by atoms with Gasteiger partial charge in [-0.3, -0.25) is 0 Å². The summed E-state index contributed by atoms with van der Waals surface area (Å²) in [6.07, 6.45) is 8.05. The summed E-state index contributed by atoms with van der Waals surface area (Å²) in [6, 6.07) is 9.14. The fraction of sp³-hybridized carbons (Fsp3) is 0.684. The number of benzene rings is 1. The van der Waals surface area contributed by atoms with Gasteiger partial charge in [-0.05, 0) is 55.8 Å². The van der Waals surface area contributed by atoms with E-state index < -0.39 is 0 Å². The maximum Gasteiger partial charge on any atom is 0.119 e. The Labute approximate surface area is 130 Å². The molecule has 1 aliphatic rings. The van der Waals surface area contributed by atoms with Gasteiger partial charge in [0, 0.05) is 6.04 Å².